The van der Waals surface area contributed by atoms with Crippen molar-refractivity contribution < 1.29 is 5.11 Å². The van der Waals surface area contributed by atoms with Crippen LogP contribution in [0.1, 0.15) is 45.3 Å². The third-order valence-corrected chi connectivity index (χ3v) is 3.26. The van der Waals surface area contributed by atoms with Crippen LogP contribution in [0.2, 0.25) is 5.02 Å². The molecular weight excluding hydrogens is 234 g/mol. The summed E-state index contributed by atoms with van der Waals surface area (Å²) >= 11 is 6.27. The molecule has 17 heavy (non-hydrogen) atoms. The second-order valence-corrected chi connectivity index (χ2v) is 4.73. The molecule has 0 amide bonds. The van der Waals surface area contributed by atoms with Crippen LogP contribution in [0.15, 0.2) is 18.2 Å². The van der Waals surface area contributed by atoms with Crippen LogP contribution in [0, 0.1) is 0 Å². The minimum atomic E-state index is -0.465. The summed E-state index contributed by atoms with van der Waals surface area (Å²) in [5.41, 5.74) is 1.93. The molecule has 0 unspecified atom stereocenters. The van der Waals surface area contributed by atoms with Crippen LogP contribution >= 0.6 is 11.6 Å². The van der Waals surface area contributed by atoms with E-state index in [9.17, 15) is 5.11 Å². The molecule has 0 aliphatic rings. The number of unbranched alkanes of at least 4 members (excludes halogenated alkanes) is 1. The average molecular weight is 256 g/mol. The molecule has 0 aliphatic carbocycles. The molecule has 96 valence electrons. The van der Waals surface area contributed by atoms with Gasteiger partial charge in [-0.1, -0.05) is 31.0 Å². The summed E-state index contributed by atoms with van der Waals surface area (Å²) in [6, 6.07) is 5.81. The first-order valence-electron chi connectivity index (χ1n) is 6.32. The highest BCUT2D eigenvalue weighted by Gasteiger charge is 2.10. The summed E-state index contributed by atoms with van der Waals surface area (Å²) in [4.78, 5) is 2.28. The summed E-state index contributed by atoms with van der Waals surface area (Å²) in [6.45, 7) is 8.05. The van der Waals surface area contributed by atoms with Gasteiger partial charge in [-0.2, -0.15) is 0 Å². The summed E-state index contributed by atoms with van der Waals surface area (Å²) in [5, 5.41) is 10.2. The van der Waals surface area contributed by atoms with E-state index in [4.69, 9.17) is 11.6 Å². The maximum atomic E-state index is 9.50. The zero-order valence-corrected chi connectivity index (χ0v) is 11.7. The van der Waals surface area contributed by atoms with Crippen LogP contribution in [0.4, 0.5) is 5.69 Å². The second kappa shape index (κ2) is 6.87. The number of anilines is 1. The zero-order valence-electron chi connectivity index (χ0n) is 10.9. The van der Waals surface area contributed by atoms with E-state index in [1.807, 2.05) is 18.2 Å². The van der Waals surface area contributed by atoms with Gasteiger partial charge in [0.1, 0.15) is 0 Å². The molecule has 2 nitrogen and oxygen atoms in total. The minimum Gasteiger partial charge on any atom is -0.389 e. The lowest BCUT2D eigenvalue weighted by molar-refractivity contribution is 0.199. The van der Waals surface area contributed by atoms with Crippen LogP contribution in [0.5, 0.6) is 0 Å². The summed E-state index contributed by atoms with van der Waals surface area (Å²) in [5.74, 6) is 0. The molecule has 0 saturated heterocycles. The molecule has 3 heteroatoms. The predicted molar refractivity (Wildman–Crippen MR) is 74.9 cm³/mol. The van der Waals surface area contributed by atoms with E-state index < -0.39 is 6.10 Å². The van der Waals surface area contributed by atoms with Crippen molar-refractivity contribution >= 4 is 17.3 Å². The Morgan fingerprint density at radius 3 is 2.53 bits per heavy atom. The average Bonchev–Trinajstić information content (AvgIpc) is 2.31. The van der Waals surface area contributed by atoms with E-state index in [-0.39, 0.29) is 0 Å². The van der Waals surface area contributed by atoms with E-state index in [1.54, 1.807) is 6.92 Å². The van der Waals surface area contributed by atoms with Crippen molar-refractivity contribution in [2.75, 3.05) is 18.0 Å². The van der Waals surface area contributed by atoms with Gasteiger partial charge in [0.2, 0.25) is 0 Å². The third kappa shape index (κ3) is 3.90. The molecule has 0 radical (unpaired) electrons. The van der Waals surface area contributed by atoms with Crippen LogP contribution < -0.4 is 4.90 Å². The van der Waals surface area contributed by atoms with Crippen molar-refractivity contribution in [3.63, 3.8) is 0 Å². The zero-order chi connectivity index (χ0) is 12.8. The lowest BCUT2D eigenvalue weighted by Crippen LogP contribution is -2.24. The Kier molecular flexibility index (Phi) is 5.79. The molecule has 0 fully saturated rings. The number of hydrogen-bond donors (Lipinski definition) is 1. The number of halogens is 1. The largest absolute Gasteiger partial charge is 0.389 e. The Hall–Kier alpha value is -0.730. The lowest BCUT2D eigenvalue weighted by Gasteiger charge is -2.24. The number of rotatable bonds is 6. The highest BCUT2D eigenvalue weighted by Crippen LogP contribution is 2.29. The first-order valence-corrected chi connectivity index (χ1v) is 6.70. The van der Waals surface area contributed by atoms with Gasteiger partial charge in [-0.25, -0.2) is 0 Å². The van der Waals surface area contributed by atoms with Gasteiger partial charge in [0.25, 0.3) is 0 Å². The van der Waals surface area contributed by atoms with Gasteiger partial charge in [0.05, 0.1) is 16.8 Å². The molecular formula is C14H22ClNO. The smallest absolute Gasteiger partial charge is 0.0762 e. The Labute approximate surface area is 109 Å². The van der Waals surface area contributed by atoms with Gasteiger partial charge in [-0.15, -0.1) is 0 Å². The van der Waals surface area contributed by atoms with Crippen LogP contribution in [-0.4, -0.2) is 18.2 Å². The minimum absolute atomic E-state index is 0.465. The topological polar surface area (TPSA) is 23.5 Å². The Bertz CT molecular complexity index is 352. The second-order valence-electron chi connectivity index (χ2n) is 4.32. The predicted octanol–water partition coefficient (Wildman–Crippen LogP) is 4.02. The third-order valence-electron chi connectivity index (χ3n) is 2.96. The number of nitrogens with zero attached hydrogens (tertiary/aromatic N) is 1. The normalized spacial score (nSPS) is 12.5. The Morgan fingerprint density at radius 1 is 1.35 bits per heavy atom. The van der Waals surface area contributed by atoms with Gasteiger partial charge in [0.15, 0.2) is 0 Å². The van der Waals surface area contributed by atoms with E-state index in [0.29, 0.717) is 0 Å². The van der Waals surface area contributed by atoms with Crippen molar-refractivity contribution in [1.29, 1.82) is 0 Å². The quantitative estimate of drug-likeness (QED) is 0.830. The SMILES string of the molecule is CCCCN(CC)c1ccc([C@@H](C)O)cc1Cl. The number of aliphatic hydroxyl groups excluding tert-OH is 1. The lowest BCUT2D eigenvalue weighted by atomic mass is 10.1. The Morgan fingerprint density at radius 2 is 2.06 bits per heavy atom. The summed E-state index contributed by atoms with van der Waals surface area (Å²) in [6.07, 6.45) is 1.88. The first kappa shape index (κ1) is 14.3. The molecule has 0 bridgehead atoms. The number of benzene rings is 1. The van der Waals surface area contributed by atoms with Gasteiger partial charge in [-0.05, 0) is 38.0 Å². The van der Waals surface area contributed by atoms with Crippen LogP contribution in [0.3, 0.4) is 0 Å². The van der Waals surface area contributed by atoms with Crippen molar-refractivity contribution in [3.8, 4) is 0 Å². The fraction of sp³-hybridized carbons (Fsp3) is 0.571. The fourth-order valence-corrected chi connectivity index (χ4v) is 2.15. The van der Waals surface area contributed by atoms with Crippen LogP contribution in [-0.2, 0) is 0 Å². The van der Waals surface area contributed by atoms with Crippen molar-refractivity contribution in [2.45, 2.75) is 39.7 Å². The molecule has 0 aromatic heterocycles. The molecule has 1 N–H and O–H groups in total. The van der Waals surface area contributed by atoms with Crippen molar-refractivity contribution in [2.24, 2.45) is 0 Å². The summed E-state index contributed by atoms with van der Waals surface area (Å²) < 4.78 is 0. The van der Waals surface area contributed by atoms with E-state index >= 15 is 0 Å². The van der Waals surface area contributed by atoms with Crippen LogP contribution in [0.25, 0.3) is 0 Å². The summed E-state index contributed by atoms with van der Waals surface area (Å²) in [7, 11) is 0. The highest BCUT2D eigenvalue weighted by molar-refractivity contribution is 6.33. The molecule has 1 rings (SSSR count). The van der Waals surface area contributed by atoms with E-state index in [1.165, 1.54) is 12.8 Å². The van der Waals surface area contributed by atoms with Crippen molar-refractivity contribution in [3.05, 3.63) is 28.8 Å². The van der Waals surface area contributed by atoms with E-state index in [0.717, 1.165) is 29.4 Å². The Balaban J connectivity index is 2.88. The number of hydrogen-bond acceptors (Lipinski definition) is 2. The molecule has 0 spiro atoms. The standard InChI is InChI=1S/C14H22ClNO/c1-4-6-9-16(5-2)14-8-7-12(11(3)17)10-13(14)15/h7-8,10-11,17H,4-6,9H2,1-3H3/t11-/m1/s1. The highest BCUT2D eigenvalue weighted by atomic mass is 35.5. The van der Waals surface area contributed by atoms with Gasteiger partial charge in [-0.3, -0.25) is 0 Å². The molecule has 0 aliphatic heterocycles. The molecule has 0 heterocycles. The molecule has 0 saturated carbocycles. The molecule has 1 aromatic rings. The van der Waals surface area contributed by atoms with Gasteiger partial charge in [0, 0.05) is 13.1 Å². The maximum absolute atomic E-state index is 9.50. The molecule has 1 atom stereocenters. The van der Waals surface area contributed by atoms with Crippen molar-refractivity contribution in [1.82, 2.24) is 0 Å². The monoisotopic (exact) mass is 255 g/mol. The van der Waals surface area contributed by atoms with Gasteiger partial charge >= 0.3 is 0 Å². The number of aliphatic hydroxyl groups is 1. The maximum Gasteiger partial charge on any atom is 0.0762 e. The first-order chi connectivity index (χ1) is 8.10. The van der Waals surface area contributed by atoms with E-state index in [2.05, 4.69) is 18.7 Å². The molecule has 1 aromatic carbocycles. The van der Waals surface area contributed by atoms with Gasteiger partial charge < -0.3 is 10.0 Å². The fourth-order valence-electron chi connectivity index (χ4n) is 1.84.